The van der Waals surface area contributed by atoms with Crippen molar-refractivity contribution in [3.8, 4) is 5.75 Å². The molecule has 0 atom stereocenters. The van der Waals surface area contributed by atoms with Gasteiger partial charge < -0.3 is 14.3 Å². The van der Waals surface area contributed by atoms with Crippen LogP contribution in [0.25, 0.3) is 11.0 Å². The maximum Gasteiger partial charge on any atom is 0.336 e. The van der Waals surface area contributed by atoms with Gasteiger partial charge in [0.2, 0.25) is 0 Å². The van der Waals surface area contributed by atoms with E-state index in [1.54, 1.807) is 24.3 Å². The fourth-order valence-electron chi connectivity index (χ4n) is 2.16. The molecule has 106 valence electrons. The molecular weight excluding hydrogens is 275 g/mol. The van der Waals surface area contributed by atoms with E-state index in [-0.39, 0.29) is 17.9 Å². The third-order valence-electron chi connectivity index (χ3n) is 3.13. The summed E-state index contributed by atoms with van der Waals surface area (Å²) >= 11 is 0. The SMILES string of the molecule is O=C(O)c1cccc2occ(COc3ccccc3F)c12. The third-order valence-corrected chi connectivity index (χ3v) is 3.13. The quantitative estimate of drug-likeness (QED) is 0.791. The van der Waals surface area contributed by atoms with Gasteiger partial charge in [0.15, 0.2) is 11.6 Å². The average Bonchev–Trinajstić information content (AvgIpc) is 2.89. The summed E-state index contributed by atoms with van der Waals surface area (Å²) in [7, 11) is 0. The van der Waals surface area contributed by atoms with Crippen molar-refractivity contribution in [2.24, 2.45) is 0 Å². The first-order valence-corrected chi connectivity index (χ1v) is 6.26. The first kappa shape index (κ1) is 13.2. The molecule has 0 fully saturated rings. The number of halogens is 1. The molecule has 0 radical (unpaired) electrons. The lowest BCUT2D eigenvalue weighted by atomic mass is 10.1. The van der Waals surface area contributed by atoms with Gasteiger partial charge in [0.1, 0.15) is 12.2 Å². The predicted octanol–water partition coefficient (Wildman–Crippen LogP) is 3.85. The van der Waals surface area contributed by atoms with E-state index in [2.05, 4.69) is 0 Å². The molecule has 0 aliphatic heterocycles. The van der Waals surface area contributed by atoms with Gasteiger partial charge >= 0.3 is 5.97 Å². The van der Waals surface area contributed by atoms with Gasteiger partial charge in [-0.05, 0) is 24.3 Å². The summed E-state index contributed by atoms with van der Waals surface area (Å²) in [4.78, 5) is 11.3. The summed E-state index contributed by atoms with van der Waals surface area (Å²) in [6.45, 7) is 0.0260. The first-order chi connectivity index (χ1) is 10.2. The lowest BCUT2D eigenvalue weighted by Crippen LogP contribution is -2.01. The molecule has 1 aromatic heterocycles. The lowest BCUT2D eigenvalue weighted by Gasteiger charge is -2.06. The number of aromatic carboxylic acids is 1. The maximum absolute atomic E-state index is 13.5. The van der Waals surface area contributed by atoms with Crippen molar-refractivity contribution in [3.05, 3.63) is 65.7 Å². The molecule has 3 aromatic rings. The normalized spacial score (nSPS) is 10.7. The standard InChI is InChI=1S/C16H11FO4/c17-12-5-1-2-6-13(12)20-8-10-9-21-14-7-3-4-11(15(10)14)16(18)19/h1-7,9H,8H2,(H,18,19). The summed E-state index contributed by atoms with van der Waals surface area (Å²) in [5.74, 6) is -1.41. The molecule has 1 N–H and O–H groups in total. The number of rotatable bonds is 4. The molecule has 0 aliphatic rings. The van der Waals surface area contributed by atoms with Gasteiger partial charge in [0.05, 0.1) is 11.8 Å². The van der Waals surface area contributed by atoms with Crippen molar-refractivity contribution < 1.29 is 23.4 Å². The van der Waals surface area contributed by atoms with Crippen LogP contribution < -0.4 is 4.74 Å². The van der Waals surface area contributed by atoms with Crippen LogP contribution in [0.4, 0.5) is 4.39 Å². The fourth-order valence-corrected chi connectivity index (χ4v) is 2.16. The highest BCUT2D eigenvalue weighted by atomic mass is 19.1. The van der Waals surface area contributed by atoms with E-state index in [1.807, 2.05) is 0 Å². The van der Waals surface area contributed by atoms with Gasteiger partial charge in [0, 0.05) is 10.9 Å². The minimum Gasteiger partial charge on any atom is -0.486 e. The Morgan fingerprint density at radius 2 is 2.00 bits per heavy atom. The predicted molar refractivity (Wildman–Crippen MR) is 73.9 cm³/mol. The number of hydrogen-bond acceptors (Lipinski definition) is 3. The number of carboxylic acids is 1. The Labute approximate surface area is 119 Å². The van der Waals surface area contributed by atoms with Crippen molar-refractivity contribution in [2.45, 2.75) is 6.61 Å². The van der Waals surface area contributed by atoms with E-state index >= 15 is 0 Å². The number of furan rings is 1. The molecular formula is C16H11FO4. The Morgan fingerprint density at radius 3 is 2.76 bits per heavy atom. The summed E-state index contributed by atoms with van der Waals surface area (Å²) in [6.07, 6.45) is 1.43. The molecule has 21 heavy (non-hydrogen) atoms. The van der Waals surface area contributed by atoms with Crippen molar-refractivity contribution in [3.63, 3.8) is 0 Å². The van der Waals surface area contributed by atoms with E-state index < -0.39 is 11.8 Å². The summed E-state index contributed by atoms with van der Waals surface area (Å²) in [6, 6.07) is 10.8. The number of benzene rings is 2. The monoisotopic (exact) mass is 286 g/mol. The van der Waals surface area contributed by atoms with Crippen LogP contribution in [0.1, 0.15) is 15.9 Å². The molecule has 2 aromatic carbocycles. The Kier molecular flexibility index (Phi) is 3.31. The molecule has 0 saturated heterocycles. The van der Waals surface area contributed by atoms with Gasteiger partial charge in [-0.3, -0.25) is 0 Å². The summed E-state index contributed by atoms with van der Waals surface area (Å²) < 4.78 is 24.2. The maximum atomic E-state index is 13.5. The highest BCUT2D eigenvalue weighted by molar-refractivity contribution is 6.03. The van der Waals surface area contributed by atoms with Gasteiger partial charge in [-0.25, -0.2) is 9.18 Å². The summed E-state index contributed by atoms with van der Waals surface area (Å²) in [5, 5.41) is 9.69. The second-order valence-corrected chi connectivity index (χ2v) is 4.46. The number of carbonyl (C=O) groups is 1. The van der Waals surface area contributed by atoms with E-state index in [0.29, 0.717) is 16.5 Å². The zero-order valence-corrected chi connectivity index (χ0v) is 10.9. The minimum atomic E-state index is -1.05. The molecule has 0 aliphatic carbocycles. The fraction of sp³-hybridized carbons (Fsp3) is 0.0625. The van der Waals surface area contributed by atoms with Gasteiger partial charge in [0.25, 0.3) is 0 Å². The van der Waals surface area contributed by atoms with Crippen molar-refractivity contribution in [1.29, 1.82) is 0 Å². The second-order valence-electron chi connectivity index (χ2n) is 4.46. The van der Waals surface area contributed by atoms with E-state index in [4.69, 9.17) is 9.15 Å². The highest BCUT2D eigenvalue weighted by Gasteiger charge is 2.15. The largest absolute Gasteiger partial charge is 0.486 e. The van der Waals surface area contributed by atoms with E-state index in [9.17, 15) is 14.3 Å². The smallest absolute Gasteiger partial charge is 0.336 e. The Morgan fingerprint density at radius 1 is 1.19 bits per heavy atom. The van der Waals surface area contributed by atoms with Crippen LogP contribution in [-0.2, 0) is 6.61 Å². The van der Waals surface area contributed by atoms with Crippen molar-refractivity contribution >= 4 is 16.9 Å². The number of fused-ring (bicyclic) bond motifs is 1. The van der Waals surface area contributed by atoms with Crippen LogP contribution in [0.15, 0.2) is 53.1 Å². The third kappa shape index (κ3) is 2.45. The number of ether oxygens (including phenoxy) is 1. The summed E-state index contributed by atoms with van der Waals surface area (Å²) in [5.41, 5.74) is 1.15. The van der Waals surface area contributed by atoms with Crippen molar-refractivity contribution in [1.82, 2.24) is 0 Å². The Bertz CT molecular complexity index is 807. The topological polar surface area (TPSA) is 59.7 Å². The number of para-hydroxylation sites is 1. The van der Waals surface area contributed by atoms with Crippen LogP contribution in [0.5, 0.6) is 5.75 Å². The van der Waals surface area contributed by atoms with E-state index in [1.165, 1.54) is 24.5 Å². The van der Waals surface area contributed by atoms with Crippen LogP contribution in [0.2, 0.25) is 0 Å². The zero-order valence-electron chi connectivity index (χ0n) is 10.9. The average molecular weight is 286 g/mol. The molecule has 0 unspecified atom stereocenters. The molecule has 0 amide bonds. The van der Waals surface area contributed by atoms with E-state index in [0.717, 1.165) is 0 Å². The van der Waals surface area contributed by atoms with Crippen LogP contribution in [0.3, 0.4) is 0 Å². The minimum absolute atomic E-state index is 0.0260. The van der Waals surface area contributed by atoms with Crippen molar-refractivity contribution in [2.75, 3.05) is 0 Å². The molecule has 0 bridgehead atoms. The van der Waals surface area contributed by atoms with Crippen LogP contribution >= 0.6 is 0 Å². The van der Waals surface area contributed by atoms with Crippen LogP contribution in [0, 0.1) is 5.82 Å². The molecule has 0 spiro atoms. The molecule has 3 rings (SSSR count). The highest BCUT2D eigenvalue weighted by Crippen LogP contribution is 2.27. The number of carboxylic acid groups (broad SMARTS) is 1. The first-order valence-electron chi connectivity index (χ1n) is 6.26. The zero-order chi connectivity index (χ0) is 14.8. The lowest BCUT2D eigenvalue weighted by molar-refractivity contribution is 0.0699. The Balaban J connectivity index is 1.95. The molecule has 1 heterocycles. The van der Waals surface area contributed by atoms with Crippen LogP contribution in [-0.4, -0.2) is 11.1 Å². The van der Waals surface area contributed by atoms with Gasteiger partial charge in [-0.2, -0.15) is 0 Å². The number of hydrogen-bond donors (Lipinski definition) is 1. The van der Waals surface area contributed by atoms with Gasteiger partial charge in [-0.15, -0.1) is 0 Å². The molecule has 0 saturated carbocycles. The Hall–Kier alpha value is -2.82. The molecule has 4 nitrogen and oxygen atoms in total. The second kappa shape index (κ2) is 5.28. The molecule has 5 heteroatoms. The van der Waals surface area contributed by atoms with Gasteiger partial charge in [-0.1, -0.05) is 18.2 Å².